The first-order chi connectivity index (χ1) is 9.15. The van der Waals surface area contributed by atoms with Crippen LogP contribution in [0.5, 0.6) is 0 Å². The molecule has 6 nitrogen and oxygen atoms in total. The van der Waals surface area contributed by atoms with Gasteiger partial charge in [-0.15, -0.1) is 11.3 Å². The van der Waals surface area contributed by atoms with Crippen LogP contribution in [-0.2, 0) is 9.53 Å². The Labute approximate surface area is 113 Å². The summed E-state index contributed by atoms with van der Waals surface area (Å²) in [6, 6.07) is 2.04. The second-order valence-corrected chi connectivity index (χ2v) is 5.65. The minimum atomic E-state index is -0.934. The highest BCUT2D eigenvalue weighted by atomic mass is 32.1. The van der Waals surface area contributed by atoms with Crippen LogP contribution in [0.15, 0.2) is 12.4 Å². The maximum atomic E-state index is 11.0. The summed E-state index contributed by atoms with van der Waals surface area (Å²) in [7, 11) is 0. The quantitative estimate of drug-likeness (QED) is 0.892. The van der Waals surface area contributed by atoms with E-state index in [9.17, 15) is 4.79 Å². The van der Waals surface area contributed by atoms with Gasteiger partial charge >= 0.3 is 5.97 Å². The fourth-order valence-corrected chi connectivity index (χ4v) is 3.05. The number of carboxylic acids is 1. The van der Waals surface area contributed by atoms with E-state index in [2.05, 4.69) is 9.97 Å². The van der Waals surface area contributed by atoms with Crippen LogP contribution in [0.1, 0.15) is 4.88 Å². The zero-order chi connectivity index (χ0) is 13.4. The molecule has 19 heavy (non-hydrogen) atoms. The lowest BCUT2D eigenvalue weighted by molar-refractivity contribution is -0.150. The molecule has 3 heterocycles. The monoisotopic (exact) mass is 279 g/mol. The van der Waals surface area contributed by atoms with E-state index < -0.39 is 12.1 Å². The fourth-order valence-electron chi connectivity index (χ4n) is 2.21. The van der Waals surface area contributed by atoms with Gasteiger partial charge in [0.25, 0.3) is 0 Å². The molecule has 1 saturated heterocycles. The molecule has 0 aromatic carbocycles. The summed E-state index contributed by atoms with van der Waals surface area (Å²) in [5.41, 5.74) is 0. The molecule has 2 aromatic rings. The zero-order valence-electron chi connectivity index (χ0n) is 10.4. The normalized spacial score (nSPS) is 19.8. The van der Waals surface area contributed by atoms with Gasteiger partial charge in [-0.05, 0) is 13.0 Å². The number of rotatable bonds is 2. The predicted molar refractivity (Wildman–Crippen MR) is 71.7 cm³/mol. The van der Waals surface area contributed by atoms with Crippen LogP contribution in [-0.4, -0.2) is 46.8 Å². The summed E-state index contributed by atoms with van der Waals surface area (Å²) < 4.78 is 5.23. The van der Waals surface area contributed by atoms with Crippen molar-refractivity contribution in [1.82, 2.24) is 9.97 Å². The Kier molecular flexibility index (Phi) is 3.08. The van der Waals surface area contributed by atoms with Gasteiger partial charge in [0.1, 0.15) is 17.0 Å². The number of thiophene rings is 1. The molecule has 0 aliphatic carbocycles. The van der Waals surface area contributed by atoms with Gasteiger partial charge in [0.05, 0.1) is 18.5 Å². The number of nitrogens with zero attached hydrogens (tertiary/aromatic N) is 3. The van der Waals surface area contributed by atoms with Gasteiger partial charge < -0.3 is 14.7 Å². The van der Waals surface area contributed by atoms with E-state index in [1.165, 1.54) is 11.2 Å². The number of fused-ring (bicyclic) bond motifs is 1. The van der Waals surface area contributed by atoms with Gasteiger partial charge in [0.15, 0.2) is 6.10 Å². The van der Waals surface area contributed by atoms with Crippen molar-refractivity contribution < 1.29 is 14.6 Å². The first kappa shape index (κ1) is 12.3. The van der Waals surface area contributed by atoms with Crippen molar-refractivity contribution in [3.63, 3.8) is 0 Å². The number of hydrogen-bond acceptors (Lipinski definition) is 6. The van der Waals surface area contributed by atoms with Gasteiger partial charge in [-0.25, -0.2) is 14.8 Å². The standard InChI is InChI=1S/C12H13N3O3S/c1-7-4-8-10(13-6-14-11(8)19-7)15-2-3-18-9(5-15)12(16)17/h4,6,9H,2-3,5H2,1H3,(H,16,17). The van der Waals surface area contributed by atoms with Crippen molar-refractivity contribution in [3.8, 4) is 0 Å². The molecule has 3 rings (SSSR count). The van der Waals surface area contributed by atoms with Gasteiger partial charge in [-0.3, -0.25) is 0 Å². The van der Waals surface area contributed by atoms with Gasteiger partial charge in [0.2, 0.25) is 0 Å². The Morgan fingerprint density at radius 1 is 1.58 bits per heavy atom. The lowest BCUT2D eigenvalue weighted by Crippen LogP contribution is -2.46. The topological polar surface area (TPSA) is 75.5 Å². The number of aryl methyl sites for hydroxylation is 1. The summed E-state index contributed by atoms with van der Waals surface area (Å²) in [4.78, 5) is 23.6. The number of carboxylic acid groups (broad SMARTS) is 1. The van der Waals surface area contributed by atoms with Crippen LogP contribution in [0.2, 0.25) is 0 Å². The molecule has 7 heteroatoms. The van der Waals surface area contributed by atoms with Crippen LogP contribution < -0.4 is 4.90 Å². The minimum Gasteiger partial charge on any atom is -0.479 e. The third-order valence-corrected chi connectivity index (χ3v) is 4.03. The first-order valence-corrected chi connectivity index (χ1v) is 6.77. The molecule has 1 aliphatic rings. The Bertz CT molecular complexity index is 628. The van der Waals surface area contributed by atoms with E-state index in [-0.39, 0.29) is 0 Å². The van der Waals surface area contributed by atoms with Crippen molar-refractivity contribution in [2.45, 2.75) is 13.0 Å². The van der Waals surface area contributed by atoms with Crippen LogP contribution in [0, 0.1) is 6.92 Å². The van der Waals surface area contributed by atoms with E-state index in [1.54, 1.807) is 11.3 Å². The molecular formula is C12H13N3O3S. The Hall–Kier alpha value is -1.73. The molecule has 0 saturated carbocycles. The molecule has 1 atom stereocenters. The molecule has 0 bridgehead atoms. The average molecular weight is 279 g/mol. The molecular weight excluding hydrogens is 266 g/mol. The van der Waals surface area contributed by atoms with Crippen LogP contribution in [0.4, 0.5) is 5.82 Å². The van der Waals surface area contributed by atoms with Crippen molar-refractivity contribution in [2.24, 2.45) is 0 Å². The Morgan fingerprint density at radius 3 is 3.21 bits per heavy atom. The molecule has 0 amide bonds. The second-order valence-electron chi connectivity index (χ2n) is 4.42. The van der Waals surface area contributed by atoms with E-state index in [0.717, 1.165) is 16.0 Å². The number of morpholine rings is 1. The highest BCUT2D eigenvalue weighted by molar-refractivity contribution is 7.18. The summed E-state index contributed by atoms with van der Waals surface area (Å²) in [5, 5.41) is 10.0. The number of aromatic nitrogens is 2. The maximum absolute atomic E-state index is 11.0. The third kappa shape index (κ3) is 2.26. The van der Waals surface area contributed by atoms with Gasteiger partial charge in [0, 0.05) is 11.4 Å². The van der Waals surface area contributed by atoms with E-state index in [4.69, 9.17) is 9.84 Å². The van der Waals surface area contributed by atoms with Gasteiger partial charge in [-0.1, -0.05) is 0 Å². The lowest BCUT2D eigenvalue weighted by Gasteiger charge is -2.31. The number of hydrogen-bond donors (Lipinski definition) is 1. The van der Waals surface area contributed by atoms with E-state index >= 15 is 0 Å². The maximum Gasteiger partial charge on any atom is 0.334 e. The highest BCUT2D eigenvalue weighted by Gasteiger charge is 2.28. The molecule has 1 unspecified atom stereocenters. The number of aliphatic carboxylic acids is 1. The summed E-state index contributed by atoms with van der Waals surface area (Å²) in [6.07, 6.45) is 0.734. The molecule has 0 spiro atoms. The van der Waals surface area contributed by atoms with Gasteiger partial charge in [-0.2, -0.15) is 0 Å². The average Bonchev–Trinajstić information content (AvgIpc) is 2.78. The Balaban J connectivity index is 1.97. The molecule has 1 aliphatic heterocycles. The summed E-state index contributed by atoms with van der Waals surface area (Å²) >= 11 is 1.61. The highest BCUT2D eigenvalue weighted by Crippen LogP contribution is 2.30. The van der Waals surface area contributed by atoms with E-state index in [1.807, 2.05) is 17.9 Å². The lowest BCUT2D eigenvalue weighted by atomic mass is 10.2. The molecule has 0 radical (unpaired) electrons. The molecule has 1 fully saturated rings. The smallest absolute Gasteiger partial charge is 0.334 e. The fraction of sp³-hybridized carbons (Fsp3) is 0.417. The number of ether oxygens (including phenoxy) is 1. The van der Waals surface area contributed by atoms with Crippen molar-refractivity contribution in [1.29, 1.82) is 0 Å². The Morgan fingerprint density at radius 2 is 2.42 bits per heavy atom. The molecule has 2 aromatic heterocycles. The summed E-state index contributed by atoms with van der Waals surface area (Å²) in [6.45, 7) is 3.38. The van der Waals surface area contributed by atoms with Crippen molar-refractivity contribution in [3.05, 3.63) is 17.3 Å². The largest absolute Gasteiger partial charge is 0.479 e. The first-order valence-electron chi connectivity index (χ1n) is 5.95. The second kappa shape index (κ2) is 4.75. The van der Waals surface area contributed by atoms with Crippen molar-refractivity contribution >= 4 is 33.3 Å². The molecule has 100 valence electrons. The molecule has 1 N–H and O–H groups in total. The zero-order valence-corrected chi connectivity index (χ0v) is 11.2. The van der Waals surface area contributed by atoms with E-state index in [0.29, 0.717) is 19.7 Å². The minimum absolute atomic E-state index is 0.316. The van der Waals surface area contributed by atoms with Crippen LogP contribution in [0.25, 0.3) is 10.2 Å². The third-order valence-electron chi connectivity index (χ3n) is 3.07. The van der Waals surface area contributed by atoms with Crippen LogP contribution >= 0.6 is 11.3 Å². The SMILES string of the molecule is Cc1cc2c(N3CCOC(C(=O)O)C3)ncnc2s1. The van der Waals surface area contributed by atoms with Crippen molar-refractivity contribution in [2.75, 3.05) is 24.6 Å². The van der Waals surface area contributed by atoms with Crippen LogP contribution in [0.3, 0.4) is 0 Å². The number of carbonyl (C=O) groups is 1. The number of anilines is 1. The predicted octanol–water partition coefficient (Wildman–Crippen LogP) is 1.29. The summed E-state index contributed by atoms with van der Waals surface area (Å²) in [5.74, 6) is -0.139.